The molecule has 1 unspecified atom stereocenters. The summed E-state index contributed by atoms with van der Waals surface area (Å²) in [6, 6.07) is 18.0. The predicted molar refractivity (Wildman–Crippen MR) is 155 cm³/mol. The first-order valence-electron chi connectivity index (χ1n) is 13.0. The first kappa shape index (κ1) is 28.7. The third kappa shape index (κ3) is 7.88. The lowest BCUT2D eigenvalue weighted by molar-refractivity contribution is -0.114. The van der Waals surface area contributed by atoms with Crippen LogP contribution in [0.2, 0.25) is 10.0 Å². The number of carbonyl (C=O) groups excluding carboxylic acids is 2. The normalized spacial score (nSPS) is 14.4. The molecule has 0 aliphatic carbocycles. The minimum absolute atomic E-state index is 0.140. The molecule has 1 saturated heterocycles. The lowest BCUT2D eigenvalue weighted by atomic mass is 9.85. The third-order valence-corrected chi connectivity index (χ3v) is 7.36. The lowest BCUT2D eigenvalue weighted by Gasteiger charge is -2.32. The van der Waals surface area contributed by atoms with Crippen molar-refractivity contribution >= 4 is 40.7 Å². The Labute approximate surface area is 239 Å². The van der Waals surface area contributed by atoms with E-state index < -0.39 is 0 Å². The molecule has 9 heteroatoms. The van der Waals surface area contributed by atoms with Gasteiger partial charge in [0.1, 0.15) is 0 Å². The summed E-state index contributed by atoms with van der Waals surface area (Å²) in [7, 11) is 1.56. The first-order valence-corrected chi connectivity index (χ1v) is 13.7. The van der Waals surface area contributed by atoms with Crippen LogP contribution in [-0.4, -0.2) is 38.6 Å². The molecule has 3 aromatic rings. The minimum Gasteiger partial charge on any atom is -0.493 e. The molecule has 1 heterocycles. The Morgan fingerprint density at radius 1 is 1.03 bits per heavy atom. The highest BCUT2D eigenvalue weighted by Crippen LogP contribution is 2.32. The summed E-state index contributed by atoms with van der Waals surface area (Å²) in [6.45, 7) is 3.60. The van der Waals surface area contributed by atoms with Crippen molar-refractivity contribution in [2.45, 2.75) is 32.2 Å². The Balaban J connectivity index is 1.52. The predicted octanol–water partition coefficient (Wildman–Crippen LogP) is 6.05. The number of halogens is 2. The van der Waals surface area contributed by atoms with Gasteiger partial charge in [0.25, 0.3) is 5.91 Å². The summed E-state index contributed by atoms with van der Waals surface area (Å²) < 4.78 is 11.5. The fourth-order valence-electron chi connectivity index (χ4n) is 4.81. The second kappa shape index (κ2) is 13.7. The molecule has 1 aliphatic rings. The van der Waals surface area contributed by atoms with Crippen molar-refractivity contribution in [1.29, 1.82) is 0 Å². The van der Waals surface area contributed by atoms with Gasteiger partial charge in [-0.05, 0) is 85.4 Å². The quantitative estimate of drug-likeness (QED) is 0.276. The number of carbonyl (C=O) groups is 2. The number of amides is 2. The van der Waals surface area contributed by atoms with Gasteiger partial charge < -0.3 is 25.4 Å². The molecule has 0 saturated carbocycles. The Hall–Kier alpha value is -3.26. The molecule has 1 fully saturated rings. The van der Waals surface area contributed by atoms with E-state index in [2.05, 4.69) is 16.0 Å². The van der Waals surface area contributed by atoms with Crippen LogP contribution in [0.1, 0.15) is 47.3 Å². The van der Waals surface area contributed by atoms with Crippen molar-refractivity contribution < 1.29 is 19.1 Å². The fraction of sp³-hybridized carbons (Fsp3) is 0.333. The molecule has 7 nitrogen and oxygen atoms in total. The van der Waals surface area contributed by atoms with Gasteiger partial charge in [-0.2, -0.15) is 0 Å². The van der Waals surface area contributed by atoms with E-state index in [1.165, 1.54) is 6.92 Å². The molecular formula is C30H33Cl2N3O4. The molecule has 0 aromatic heterocycles. The van der Waals surface area contributed by atoms with Gasteiger partial charge in [0, 0.05) is 34.6 Å². The smallest absolute Gasteiger partial charge is 0.251 e. The standard InChI is InChI=1S/C30H33Cl2N3O4/c1-19(36)34-25-5-3-4-22(16-25)29(21-10-13-33-14-11-21)35-30(37)23-7-9-27(38-2)28(17-23)39-15-12-20-6-8-24(31)18-26(20)32/h3-9,16-18,21,29,33H,10-15H2,1-2H3,(H,34,36)(H,35,37). The number of hydrogen-bond acceptors (Lipinski definition) is 5. The number of benzene rings is 3. The maximum Gasteiger partial charge on any atom is 0.251 e. The maximum absolute atomic E-state index is 13.5. The highest BCUT2D eigenvalue weighted by atomic mass is 35.5. The zero-order valence-electron chi connectivity index (χ0n) is 22.1. The van der Waals surface area contributed by atoms with E-state index in [-0.39, 0.29) is 23.8 Å². The average molecular weight is 571 g/mol. The fourth-order valence-corrected chi connectivity index (χ4v) is 5.32. The van der Waals surface area contributed by atoms with Crippen LogP contribution in [0.25, 0.3) is 0 Å². The lowest BCUT2D eigenvalue weighted by Crippen LogP contribution is -2.39. The van der Waals surface area contributed by atoms with Gasteiger partial charge in [-0.15, -0.1) is 0 Å². The van der Waals surface area contributed by atoms with Crippen molar-refractivity contribution in [2.24, 2.45) is 5.92 Å². The van der Waals surface area contributed by atoms with Gasteiger partial charge in [0.2, 0.25) is 5.91 Å². The molecular weight excluding hydrogens is 537 g/mol. The van der Waals surface area contributed by atoms with Crippen LogP contribution in [0.4, 0.5) is 5.69 Å². The minimum atomic E-state index is -0.216. The Bertz CT molecular complexity index is 1310. The van der Waals surface area contributed by atoms with Crippen LogP contribution in [0.5, 0.6) is 11.5 Å². The van der Waals surface area contributed by atoms with E-state index in [0.717, 1.165) is 37.1 Å². The number of piperidine rings is 1. The monoisotopic (exact) mass is 569 g/mol. The van der Waals surface area contributed by atoms with Crippen LogP contribution < -0.4 is 25.4 Å². The molecule has 3 N–H and O–H groups in total. The first-order chi connectivity index (χ1) is 18.8. The Kier molecular flexibility index (Phi) is 10.1. The molecule has 0 bridgehead atoms. The number of anilines is 1. The molecule has 0 spiro atoms. The van der Waals surface area contributed by atoms with Crippen molar-refractivity contribution in [3.05, 3.63) is 87.4 Å². The largest absolute Gasteiger partial charge is 0.493 e. The Morgan fingerprint density at radius 3 is 2.54 bits per heavy atom. The summed E-state index contributed by atoms with van der Waals surface area (Å²) in [4.78, 5) is 25.1. The van der Waals surface area contributed by atoms with Gasteiger partial charge in [0.05, 0.1) is 19.8 Å². The number of methoxy groups -OCH3 is 1. The summed E-state index contributed by atoms with van der Waals surface area (Å²) in [6.07, 6.45) is 2.43. The molecule has 3 aromatic carbocycles. The number of ether oxygens (including phenoxy) is 2. The highest BCUT2D eigenvalue weighted by Gasteiger charge is 2.27. The zero-order valence-corrected chi connectivity index (χ0v) is 23.6. The Morgan fingerprint density at radius 2 is 1.82 bits per heavy atom. The van der Waals surface area contributed by atoms with Crippen molar-refractivity contribution in [1.82, 2.24) is 10.6 Å². The summed E-state index contributed by atoms with van der Waals surface area (Å²) in [5, 5.41) is 10.6. The van der Waals surface area contributed by atoms with Crippen LogP contribution >= 0.6 is 23.2 Å². The molecule has 1 aliphatic heterocycles. The van der Waals surface area contributed by atoms with E-state index in [4.69, 9.17) is 32.7 Å². The van der Waals surface area contributed by atoms with E-state index in [0.29, 0.717) is 45.8 Å². The van der Waals surface area contributed by atoms with Crippen LogP contribution in [0.3, 0.4) is 0 Å². The second-order valence-electron chi connectivity index (χ2n) is 9.55. The van der Waals surface area contributed by atoms with Crippen molar-refractivity contribution in [2.75, 3.05) is 32.1 Å². The van der Waals surface area contributed by atoms with Gasteiger partial charge in [-0.25, -0.2) is 0 Å². The summed E-state index contributed by atoms with van der Waals surface area (Å²) in [5.41, 5.74) is 3.04. The average Bonchev–Trinajstić information content (AvgIpc) is 2.93. The molecule has 1 atom stereocenters. The van der Waals surface area contributed by atoms with Crippen LogP contribution in [0, 0.1) is 5.92 Å². The number of rotatable bonds is 10. The topological polar surface area (TPSA) is 88.7 Å². The molecule has 0 radical (unpaired) electrons. The highest BCUT2D eigenvalue weighted by molar-refractivity contribution is 6.35. The van der Waals surface area contributed by atoms with Crippen molar-refractivity contribution in [3.63, 3.8) is 0 Å². The molecule has 39 heavy (non-hydrogen) atoms. The second-order valence-corrected chi connectivity index (χ2v) is 10.4. The maximum atomic E-state index is 13.5. The van der Waals surface area contributed by atoms with Gasteiger partial charge in [-0.3, -0.25) is 9.59 Å². The molecule has 4 rings (SSSR count). The van der Waals surface area contributed by atoms with E-state index in [1.807, 2.05) is 30.3 Å². The van der Waals surface area contributed by atoms with Crippen LogP contribution in [0.15, 0.2) is 60.7 Å². The SMILES string of the molecule is COc1ccc(C(=O)NC(c2cccc(NC(C)=O)c2)C2CCNCC2)cc1OCCc1ccc(Cl)cc1Cl. The van der Waals surface area contributed by atoms with Crippen molar-refractivity contribution in [3.8, 4) is 11.5 Å². The summed E-state index contributed by atoms with van der Waals surface area (Å²) >= 11 is 12.3. The number of hydrogen-bond donors (Lipinski definition) is 3. The third-order valence-electron chi connectivity index (χ3n) is 6.78. The summed E-state index contributed by atoms with van der Waals surface area (Å²) in [5.74, 6) is 0.907. The van der Waals surface area contributed by atoms with Gasteiger partial charge >= 0.3 is 0 Å². The van der Waals surface area contributed by atoms with Gasteiger partial charge in [-0.1, -0.05) is 41.4 Å². The molecule has 2 amide bonds. The van der Waals surface area contributed by atoms with Gasteiger partial charge in [0.15, 0.2) is 11.5 Å². The van der Waals surface area contributed by atoms with E-state index >= 15 is 0 Å². The zero-order chi connectivity index (χ0) is 27.8. The van der Waals surface area contributed by atoms with E-state index in [1.54, 1.807) is 37.4 Å². The number of nitrogens with one attached hydrogen (secondary N) is 3. The van der Waals surface area contributed by atoms with E-state index in [9.17, 15) is 9.59 Å². The van der Waals surface area contributed by atoms with Crippen LogP contribution in [-0.2, 0) is 11.2 Å². The molecule has 206 valence electrons.